The van der Waals surface area contributed by atoms with Gasteiger partial charge in [-0.25, -0.2) is 0 Å². The fourth-order valence-electron chi connectivity index (χ4n) is 1.62. The van der Waals surface area contributed by atoms with Crippen LogP contribution in [0.25, 0.3) is 0 Å². The molecule has 5 N–H and O–H groups in total. The molecule has 0 spiro atoms. The normalized spacial score (nSPS) is 14.4. The molecule has 0 fully saturated rings. The number of phenols is 2. The summed E-state index contributed by atoms with van der Waals surface area (Å²) in [6, 6.07) is 4.03. The third-order valence-corrected chi connectivity index (χ3v) is 2.84. The summed E-state index contributed by atoms with van der Waals surface area (Å²) in [5, 5.41) is 22.0. The maximum Gasteiger partial charge on any atom is 0.242 e. The highest BCUT2D eigenvalue weighted by Crippen LogP contribution is 2.28. The molecule has 0 bridgehead atoms. The molecule has 0 radical (unpaired) electrons. The van der Waals surface area contributed by atoms with Crippen molar-refractivity contribution in [3.05, 3.63) is 23.8 Å². The molecule has 0 aliphatic carbocycles. The first-order valence-electron chi connectivity index (χ1n) is 5.84. The van der Waals surface area contributed by atoms with Crippen LogP contribution < -0.4 is 11.1 Å². The molecule has 0 aliphatic rings. The molecule has 1 rings (SSSR count). The van der Waals surface area contributed by atoms with Crippen LogP contribution in [0.15, 0.2) is 18.2 Å². The van der Waals surface area contributed by atoms with E-state index in [0.29, 0.717) is 18.0 Å². The highest BCUT2D eigenvalue weighted by Gasteiger charge is 2.33. The number of hydrogen-bond donors (Lipinski definition) is 4. The number of phenolic OH excluding ortho intramolecular Hbond substituents is 2. The monoisotopic (exact) mass is 252 g/mol. The molecule has 18 heavy (non-hydrogen) atoms. The first kappa shape index (κ1) is 14.3. The smallest absolute Gasteiger partial charge is 0.242 e. The Morgan fingerprint density at radius 3 is 2.22 bits per heavy atom. The molecule has 1 atom stereocenters. The summed E-state index contributed by atoms with van der Waals surface area (Å²) in [6.07, 6.45) is 0. The van der Waals surface area contributed by atoms with Crippen molar-refractivity contribution in [2.75, 3.05) is 6.54 Å². The van der Waals surface area contributed by atoms with Crippen molar-refractivity contribution in [3.8, 4) is 11.5 Å². The Labute approximate surface area is 107 Å². The topological polar surface area (TPSA) is 95.6 Å². The van der Waals surface area contributed by atoms with Crippen molar-refractivity contribution in [2.45, 2.75) is 26.3 Å². The lowest BCUT2D eigenvalue weighted by atomic mass is 9.90. The standard InChI is InChI=1S/C13H20N2O3/c1-8(2)7-15-13(3,12(14)18)9-4-10(16)6-11(17)5-9/h4-6,8,15-17H,7H2,1-3H3,(H2,14,18). The number of hydrogen-bond acceptors (Lipinski definition) is 4. The maximum atomic E-state index is 11.7. The van der Waals surface area contributed by atoms with Gasteiger partial charge in [0.05, 0.1) is 0 Å². The Kier molecular flexibility index (Phi) is 4.19. The lowest BCUT2D eigenvalue weighted by Gasteiger charge is -2.29. The van der Waals surface area contributed by atoms with Gasteiger partial charge in [0.15, 0.2) is 0 Å². The highest BCUT2D eigenvalue weighted by atomic mass is 16.3. The Morgan fingerprint density at radius 2 is 1.83 bits per heavy atom. The molecule has 5 nitrogen and oxygen atoms in total. The van der Waals surface area contributed by atoms with E-state index in [9.17, 15) is 15.0 Å². The number of rotatable bonds is 5. The molecule has 1 unspecified atom stereocenters. The predicted octanol–water partition coefficient (Wildman–Crippen LogP) is 1.04. The van der Waals surface area contributed by atoms with Crippen LogP contribution in [0.1, 0.15) is 26.3 Å². The minimum Gasteiger partial charge on any atom is -0.508 e. The van der Waals surface area contributed by atoms with Crippen molar-refractivity contribution < 1.29 is 15.0 Å². The van der Waals surface area contributed by atoms with Gasteiger partial charge in [-0.2, -0.15) is 0 Å². The van der Waals surface area contributed by atoms with E-state index in [1.165, 1.54) is 18.2 Å². The second kappa shape index (κ2) is 5.27. The average molecular weight is 252 g/mol. The van der Waals surface area contributed by atoms with Gasteiger partial charge in [0, 0.05) is 6.07 Å². The van der Waals surface area contributed by atoms with E-state index in [1.807, 2.05) is 13.8 Å². The lowest BCUT2D eigenvalue weighted by Crippen LogP contribution is -2.51. The zero-order valence-corrected chi connectivity index (χ0v) is 10.9. The average Bonchev–Trinajstić information content (AvgIpc) is 2.24. The van der Waals surface area contributed by atoms with E-state index in [4.69, 9.17) is 5.73 Å². The minimum absolute atomic E-state index is 0.108. The van der Waals surface area contributed by atoms with Crippen LogP contribution in [0, 0.1) is 5.92 Å². The van der Waals surface area contributed by atoms with Gasteiger partial charge < -0.3 is 15.9 Å². The van der Waals surface area contributed by atoms with Gasteiger partial charge >= 0.3 is 0 Å². The summed E-state index contributed by atoms with van der Waals surface area (Å²) in [5.41, 5.74) is 4.74. The maximum absolute atomic E-state index is 11.7. The molecular formula is C13H20N2O3. The number of benzene rings is 1. The number of carbonyl (C=O) groups excluding carboxylic acids is 1. The lowest BCUT2D eigenvalue weighted by molar-refractivity contribution is -0.124. The Balaban J connectivity index is 3.14. The summed E-state index contributed by atoms with van der Waals surface area (Å²) < 4.78 is 0. The van der Waals surface area contributed by atoms with E-state index in [-0.39, 0.29) is 11.5 Å². The second-order valence-electron chi connectivity index (χ2n) is 5.00. The zero-order valence-electron chi connectivity index (χ0n) is 10.9. The first-order chi connectivity index (χ1) is 8.25. The number of primary amides is 1. The summed E-state index contributed by atoms with van der Waals surface area (Å²) in [5.74, 6) is -0.435. The van der Waals surface area contributed by atoms with Gasteiger partial charge in [0.2, 0.25) is 5.91 Å². The fourth-order valence-corrected chi connectivity index (χ4v) is 1.62. The third-order valence-electron chi connectivity index (χ3n) is 2.84. The zero-order chi connectivity index (χ0) is 13.9. The van der Waals surface area contributed by atoms with Crippen LogP contribution in [0.2, 0.25) is 0 Å². The summed E-state index contributed by atoms with van der Waals surface area (Å²) in [6.45, 7) is 6.24. The van der Waals surface area contributed by atoms with Gasteiger partial charge in [-0.3, -0.25) is 10.1 Å². The van der Waals surface area contributed by atoms with E-state index >= 15 is 0 Å². The minimum atomic E-state index is -1.12. The molecule has 1 aromatic carbocycles. The number of nitrogens with one attached hydrogen (secondary N) is 1. The molecule has 0 heterocycles. The largest absolute Gasteiger partial charge is 0.508 e. The summed E-state index contributed by atoms with van der Waals surface area (Å²) in [7, 11) is 0. The molecule has 0 saturated heterocycles. The van der Waals surface area contributed by atoms with Gasteiger partial charge in [0.1, 0.15) is 17.0 Å². The van der Waals surface area contributed by atoms with Crippen molar-refractivity contribution in [3.63, 3.8) is 0 Å². The Morgan fingerprint density at radius 1 is 1.33 bits per heavy atom. The van der Waals surface area contributed by atoms with Crippen LogP contribution in [0.4, 0.5) is 0 Å². The third kappa shape index (κ3) is 3.13. The van der Waals surface area contributed by atoms with E-state index < -0.39 is 11.4 Å². The van der Waals surface area contributed by atoms with Crippen LogP contribution in [0.3, 0.4) is 0 Å². The number of aromatic hydroxyl groups is 2. The van der Waals surface area contributed by atoms with E-state index in [2.05, 4.69) is 5.32 Å². The van der Waals surface area contributed by atoms with Crippen molar-refractivity contribution in [1.29, 1.82) is 0 Å². The van der Waals surface area contributed by atoms with Gasteiger partial charge in [-0.15, -0.1) is 0 Å². The second-order valence-corrected chi connectivity index (χ2v) is 5.00. The summed E-state index contributed by atoms with van der Waals surface area (Å²) in [4.78, 5) is 11.7. The van der Waals surface area contributed by atoms with Gasteiger partial charge in [-0.1, -0.05) is 13.8 Å². The molecule has 0 saturated carbocycles. The number of carbonyl (C=O) groups is 1. The fraction of sp³-hybridized carbons (Fsp3) is 0.462. The van der Waals surface area contributed by atoms with Crippen LogP contribution >= 0.6 is 0 Å². The SMILES string of the molecule is CC(C)CNC(C)(C(N)=O)c1cc(O)cc(O)c1. The number of nitrogens with two attached hydrogens (primary N) is 1. The Bertz CT molecular complexity index is 426. The molecule has 100 valence electrons. The quantitative estimate of drug-likeness (QED) is 0.629. The highest BCUT2D eigenvalue weighted by molar-refractivity contribution is 5.86. The van der Waals surface area contributed by atoms with Crippen LogP contribution in [0.5, 0.6) is 11.5 Å². The molecule has 5 heteroatoms. The van der Waals surface area contributed by atoms with Crippen LogP contribution in [-0.2, 0) is 10.3 Å². The van der Waals surface area contributed by atoms with Gasteiger partial charge in [0.25, 0.3) is 0 Å². The first-order valence-corrected chi connectivity index (χ1v) is 5.84. The molecule has 0 aromatic heterocycles. The number of amides is 1. The summed E-state index contributed by atoms with van der Waals surface area (Å²) >= 11 is 0. The van der Waals surface area contributed by atoms with Crippen molar-refractivity contribution in [2.24, 2.45) is 11.7 Å². The predicted molar refractivity (Wildman–Crippen MR) is 69.2 cm³/mol. The Hall–Kier alpha value is -1.75. The van der Waals surface area contributed by atoms with Crippen LogP contribution in [-0.4, -0.2) is 22.7 Å². The molecule has 1 amide bonds. The van der Waals surface area contributed by atoms with Crippen molar-refractivity contribution in [1.82, 2.24) is 5.32 Å². The molecule has 1 aromatic rings. The molecular weight excluding hydrogens is 232 g/mol. The molecule has 0 aliphatic heterocycles. The van der Waals surface area contributed by atoms with Gasteiger partial charge in [-0.05, 0) is 37.1 Å². The van der Waals surface area contributed by atoms with E-state index in [1.54, 1.807) is 6.92 Å². The van der Waals surface area contributed by atoms with E-state index in [0.717, 1.165) is 0 Å². The van der Waals surface area contributed by atoms with Crippen molar-refractivity contribution >= 4 is 5.91 Å².